The quantitative estimate of drug-likeness (QED) is 0.383. The summed E-state index contributed by atoms with van der Waals surface area (Å²) in [5, 5.41) is 13.4. The standard InChI is InChI=1S/C19H20ClN3O7/c1-5-29-19(26)16-9(2)15(10(3)21-16)18(25)30-11(4)17(24)22-14-8-12(23(27)28)6-7-13(14)20/h6-8,11,21H,5H2,1-4H3,(H,22,24). The largest absolute Gasteiger partial charge is 0.461 e. The molecular formula is C19H20ClN3O7. The molecule has 160 valence electrons. The van der Waals surface area contributed by atoms with E-state index in [1.807, 2.05) is 0 Å². The lowest BCUT2D eigenvalue weighted by molar-refractivity contribution is -0.384. The van der Waals surface area contributed by atoms with Gasteiger partial charge in [0.2, 0.25) is 0 Å². The van der Waals surface area contributed by atoms with E-state index in [9.17, 15) is 24.5 Å². The second-order valence-corrected chi connectivity index (χ2v) is 6.71. The molecule has 30 heavy (non-hydrogen) atoms. The first kappa shape index (κ1) is 22.9. The van der Waals surface area contributed by atoms with Gasteiger partial charge in [-0.2, -0.15) is 0 Å². The minimum atomic E-state index is -1.24. The van der Waals surface area contributed by atoms with E-state index in [0.29, 0.717) is 11.3 Å². The summed E-state index contributed by atoms with van der Waals surface area (Å²) in [7, 11) is 0. The van der Waals surface area contributed by atoms with E-state index in [1.54, 1.807) is 20.8 Å². The third-order valence-electron chi connectivity index (χ3n) is 4.19. The maximum absolute atomic E-state index is 12.6. The van der Waals surface area contributed by atoms with Crippen molar-refractivity contribution in [1.29, 1.82) is 0 Å². The van der Waals surface area contributed by atoms with Crippen molar-refractivity contribution in [1.82, 2.24) is 4.98 Å². The zero-order valence-corrected chi connectivity index (χ0v) is 17.5. The second-order valence-electron chi connectivity index (χ2n) is 6.30. The van der Waals surface area contributed by atoms with E-state index in [2.05, 4.69) is 10.3 Å². The van der Waals surface area contributed by atoms with Crippen LogP contribution in [-0.2, 0) is 14.3 Å². The fourth-order valence-corrected chi connectivity index (χ4v) is 2.86. The molecule has 0 aliphatic rings. The zero-order valence-electron chi connectivity index (χ0n) is 16.7. The summed E-state index contributed by atoms with van der Waals surface area (Å²) in [6, 6.07) is 3.57. The Morgan fingerprint density at radius 1 is 1.27 bits per heavy atom. The third-order valence-corrected chi connectivity index (χ3v) is 4.52. The van der Waals surface area contributed by atoms with Gasteiger partial charge < -0.3 is 19.8 Å². The molecule has 1 heterocycles. The molecule has 0 aliphatic heterocycles. The Morgan fingerprint density at radius 3 is 2.53 bits per heavy atom. The van der Waals surface area contributed by atoms with Crippen LogP contribution in [0.3, 0.4) is 0 Å². The number of halogens is 1. The number of nitrogens with zero attached hydrogens (tertiary/aromatic N) is 1. The van der Waals surface area contributed by atoms with Crippen molar-refractivity contribution in [3.05, 3.63) is 55.9 Å². The Balaban J connectivity index is 2.15. The lowest BCUT2D eigenvalue weighted by Gasteiger charge is -2.14. The number of rotatable bonds is 7. The number of H-pyrrole nitrogens is 1. The SMILES string of the molecule is CCOC(=O)c1[nH]c(C)c(C(=O)OC(C)C(=O)Nc2cc([N+](=O)[O-])ccc2Cl)c1C. The highest BCUT2D eigenvalue weighted by molar-refractivity contribution is 6.33. The highest BCUT2D eigenvalue weighted by Gasteiger charge is 2.27. The second kappa shape index (κ2) is 9.40. The maximum atomic E-state index is 12.6. The van der Waals surface area contributed by atoms with E-state index >= 15 is 0 Å². The smallest absolute Gasteiger partial charge is 0.355 e. The number of non-ortho nitro benzene ring substituents is 1. The number of nitro benzene ring substituents is 1. The summed E-state index contributed by atoms with van der Waals surface area (Å²) < 4.78 is 10.1. The lowest BCUT2D eigenvalue weighted by atomic mass is 10.1. The molecule has 0 saturated heterocycles. The van der Waals surface area contributed by atoms with Crippen molar-refractivity contribution >= 4 is 40.8 Å². The van der Waals surface area contributed by atoms with E-state index in [1.165, 1.54) is 19.1 Å². The number of hydrogen-bond donors (Lipinski definition) is 2. The highest BCUT2D eigenvalue weighted by atomic mass is 35.5. The van der Waals surface area contributed by atoms with Crippen LogP contribution in [0.5, 0.6) is 0 Å². The fourth-order valence-electron chi connectivity index (χ4n) is 2.69. The van der Waals surface area contributed by atoms with Crippen LogP contribution in [-0.4, -0.2) is 40.5 Å². The minimum absolute atomic E-state index is 0.0115. The van der Waals surface area contributed by atoms with Crippen molar-refractivity contribution in [3.63, 3.8) is 0 Å². The van der Waals surface area contributed by atoms with Crippen LogP contribution in [0, 0.1) is 24.0 Å². The summed E-state index contributed by atoms with van der Waals surface area (Å²) in [4.78, 5) is 50.0. The Hall–Kier alpha value is -3.40. The monoisotopic (exact) mass is 437 g/mol. The van der Waals surface area contributed by atoms with Gasteiger partial charge in [-0.25, -0.2) is 9.59 Å². The molecule has 1 aromatic carbocycles. The normalized spacial score (nSPS) is 11.5. The topological polar surface area (TPSA) is 141 Å². The van der Waals surface area contributed by atoms with Crippen LogP contribution in [0.15, 0.2) is 18.2 Å². The van der Waals surface area contributed by atoms with E-state index in [-0.39, 0.29) is 34.3 Å². The number of anilines is 1. The minimum Gasteiger partial charge on any atom is -0.461 e. The maximum Gasteiger partial charge on any atom is 0.355 e. The molecular weight excluding hydrogens is 418 g/mol. The Morgan fingerprint density at radius 2 is 1.93 bits per heavy atom. The number of aryl methyl sites for hydroxylation is 1. The first-order valence-corrected chi connectivity index (χ1v) is 9.26. The molecule has 0 fully saturated rings. The average molecular weight is 438 g/mol. The van der Waals surface area contributed by atoms with Crippen LogP contribution >= 0.6 is 11.6 Å². The highest BCUT2D eigenvalue weighted by Crippen LogP contribution is 2.27. The van der Waals surface area contributed by atoms with Gasteiger partial charge in [0.05, 0.1) is 27.8 Å². The number of carbonyl (C=O) groups excluding carboxylic acids is 3. The Bertz CT molecular complexity index is 1020. The van der Waals surface area contributed by atoms with Gasteiger partial charge in [-0.1, -0.05) is 11.6 Å². The van der Waals surface area contributed by atoms with Crippen molar-refractivity contribution in [2.45, 2.75) is 33.8 Å². The van der Waals surface area contributed by atoms with E-state index in [4.69, 9.17) is 21.1 Å². The number of benzene rings is 1. The molecule has 2 aromatic rings. The summed E-state index contributed by atoms with van der Waals surface area (Å²) >= 11 is 5.96. The molecule has 0 radical (unpaired) electrons. The summed E-state index contributed by atoms with van der Waals surface area (Å²) in [6.45, 7) is 6.31. The van der Waals surface area contributed by atoms with Gasteiger partial charge in [0.25, 0.3) is 11.6 Å². The summed E-state index contributed by atoms with van der Waals surface area (Å²) in [5.41, 5.74) is 0.717. The Kier molecular flexibility index (Phi) is 7.17. The van der Waals surface area contributed by atoms with Gasteiger partial charge >= 0.3 is 11.9 Å². The molecule has 0 bridgehead atoms. The molecule has 2 N–H and O–H groups in total. The number of nitro groups is 1. The van der Waals surface area contributed by atoms with Crippen molar-refractivity contribution in [3.8, 4) is 0 Å². The molecule has 0 aliphatic carbocycles. The van der Waals surface area contributed by atoms with Crippen molar-refractivity contribution in [2.75, 3.05) is 11.9 Å². The van der Waals surface area contributed by atoms with Crippen molar-refractivity contribution < 1.29 is 28.8 Å². The summed E-state index contributed by atoms with van der Waals surface area (Å²) in [5.74, 6) is -2.16. The van der Waals surface area contributed by atoms with E-state index in [0.717, 1.165) is 6.07 Å². The molecule has 0 saturated carbocycles. The number of ether oxygens (including phenoxy) is 2. The molecule has 1 atom stereocenters. The van der Waals surface area contributed by atoms with Crippen molar-refractivity contribution in [2.24, 2.45) is 0 Å². The predicted octanol–water partition coefficient (Wildman–Crippen LogP) is 3.55. The van der Waals surface area contributed by atoms with Crippen LogP contribution in [0.25, 0.3) is 0 Å². The molecule has 0 spiro atoms. The number of hydrogen-bond acceptors (Lipinski definition) is 7. The first-order valence-electron chi connectivity index (χ1n) is 8.88. The molecule has 10 nitrogen and oxygen atoms in total. The summed E-state index contributed by atoms with van der Waals surface area (Å²) in [6.07, 6.45) is -1.24. The molecule has 1 aromatic heterocycles. The number of carbonyl (C=O) groups is 3. The first-order chi connectivity index (χ1) is 14.1. The molecule has 11 heteroatoms. The van der Waals surface area contributed by atoms with Crippen LogP contribution in [0.2, 0.25) is 5.02 Å². The Labute approximate surface area is 176 Å². The van der Waals surface area contributed by atoms with Gasteiger partial charge in [0, 0.05) is 17.8 Å². The third kappa shape index (κ3) is 4.95. The number of esters is 2. The molecule has 1 amide bonds. The predicted molar refractivity (Wildman–Crippen MR) is 108 cm³/mol. The van der Waals surface area contributed by atoms with Crippen LogP contribution in [0.4, 0.5) is 11.4 Å². The van der Waals surface area contributed by atoms with Crippen LogP contribution in [0.1, 0.15) is 46.0 Å². The number of nitrogens with one attached hydrogen (secondary N) is 2. The van der Waals surface area contributed by atoms with Gasteiger partial charge in [0.1, 0.15) is 5.69 Å². The average Bonchev–Trinajstić information content (AvgIpc) is 2.97. The van der Waals surface area contributed by atoms with Gasteiger partial charge in [0.15, 0.2) is 6.10 Å². The van der Waals surface area contributed by atoms with Gasteiger partial charge in [-0.05, 0) is 39.3 Å². The number of aromatic amines is 1. The molecule has 1 unspecified atom stereocenters. The van der Waals surface area contributed by atoms with Crippen LogP contribution < -0.4 is 5.32 Å². The zero-order chi connectivity index (χ0) is 22.6. The van der Waals surface area contributed by atoms with E-state index < -0.39 is 28.9 Å². The lowest BCUT2D eigenvalue weighted by Crippen LogP contribution is -2.30. The molecule has 2 rings (SSSR count). The van der Waals surface area contributed by atoms with Gasteiger partial charge in [-0.15, -0.1) is 0 Å². The fraction of sp³-hybridized carbons (Fsp3) is 0.316. The van der Waals surface area contributed by atoms with Gasteiger partial charge in [-0.3, -0.25) is 14.9 Å². The number of aromatic nitrogens is 1. The number of amides is 1.